The van der Waals surface area contributed by atoms with E-state index in [2.05, 4.69) is 11.4 Å². The zero-order valence-electron chi connectivity index (χ0n) is 16.2. The van der Waals surface area contributed by atoms with Crippen LogP contribution in [0.25, 0.3) is 0 Å². The molecule has 28 heavy (non-hydrogen) atoms. The third kappa shape index (κ3) is 3.19. The van der Waals surface area contributed by atoms with Crippen molar-refractivity contribution < 1.29 is 19.1 Å². The van der Waals surface area contributed by atoms with Crippen LogP contribution in [0.4, 0.5) is 4.79 Å². The first-order valence-electron chi connectivity index (χ1n) is 9.57. The topological polar surface area (TPSA) is 67.9 Å². The molecule has 2 aromatic carbocycles. The molecule has 1 atom stereocenters. The lowest BCUT2D eigenvalue weighted by molar-refractivity contribution is -0.132. The van der Waals surface area contributed by atoms with E-state index in [9.17, 15) is 9.59 Å². The number of imide groups is 1. The average Bonchev–Trinajstić information content (AvgIpc) is 2.89. The fourth-order valence-corrected chi connectivity index (χ4v) is 4.00. The predicted octanol–water partition coefficient (Wildman–Crippen LogP) is 3.30. The van der Waals surface area contributed by atoms with E-state index in [1.54, 1.807) is 0 Å². The number of hydrogen-bond donors (Lipinski definition) is 1. The van der Waals surface area contributed by atoms with E-state index >= 15 is 0 Å². The van der Waals surface area contributed by atoms with Crippen LogP contribution in [0.15, 0.2) is 42.5 Å². The number of para-hydroxylation sites is 1. The number of fused-ring (bicyclic) bond motifs is 2. The number of rotatable bonds is 5. The van der Waals surface area contributed by atoms with Gasteiger partial charge in [0.25, 0.3) is 5.91 Å². The lowest BCUT2D eigenvalue weighted by Crippen LogP contribution is -2.47. The lowest BCUT2D eigenvalue weighted by atomic mass is 9.84. The molecule has 2 aliphatic rings. The minimum atomic E-state index is -1.01. The van der Waals surface area contributed by atoms with Crippen molar-refractivity contribution in [3.8, 4) is 11.5 Å². The summed E-state index contributed by atoms with van der Waals surface area (Å²) >= 11 is 0. The van der Waals surface area contributed by atoms with E-state index in [1.165, 1.54) is 4.90 Å². The summed E-state index contributed by atoms with van der Waals surface area (Å²) in [5.41, 5.74) is 2.00. The maximum atomic E-state index is 13.2. The average molecular weight is 380 g/mol. The molecule has 146 valence electrons. The molecule has 2 heterocycles. The van der Waals surface area contributed by atoms with Crippen LogP contribution in [0.2, 0.25) is 0 Å². The van der Waals surface area contributed by atoms with Crippen LogP contribution in [-0.4, -0.2) is 36.6 Å². The van der Waals surface area contributed by atoms with Gasteiger partial charge in [-0.3, -0.25) is 9.69 Å². The van der Waals surface area contributed by atoms with Crippen LogP contribution in [0.5, 0.6) is 11.5 Å². The van der Waals surface area contributed by atoms with Crippen molar-refractivity contribution in [1.29, 1.82) is 0 Å². The van der Waals surface area contributed by atoms with Gasteiger partial charge in [0.1, 0.15) is 11.5 Å². The Kier molecular flexibility index (Phi) is 4.71. The largest absolute Gasteiger partial charge is 0.494 e. The molecular formula is C22H24N2O4. The van der Waals surface area contributed by atoms with Crippen molar-refractivity contribution in [3.63, 3.8) is 0 Å². The number of hydrogen-bond acceptors (Lipinski definition) is 4. The number of aryl methyl sites for hydroxylation is 2. The predicted molar refractivity (Wildman–Crippen MR) is 105 cm³/mol. The van der Waals surface area contributed by atoms with E-state index in [1.807, 2.05) is 50.2 Å². The summed E-state index contributed by atoms with van der Waals surface area (Å²) in [5.74, 6) is 1.26. The van der Waals surface area contributed by atoms with Crippen molar-refractivity contribution in [3.05, 3.63) is 59.2 Å². The number of carbonyl (C=O) groups is 2. The van der Waals surface area contributed by atoms with Crippen LogP contribution >= 0.6 is 0 Å². The maximum Gasteiger partial charge on any atom is 0.325 e. The van der Waals surface area contributed by atoms with Gasteiger partial charge in [0.05, 0.1) is 13.2 Å². The highest BCUT2D eigenvalue weighted by Crippen LogP contribution is 2.40. The molecule has 1 unspecified atom stereocenters. The van der Waals surface area contributed by atoms with Crippen molar-refractivity contribution in [1.82, 2.24) is 10.2 Å². The second-order valence-electron chi connectivity index (χ2n) is 7.41. The standard InChI is InChI=1S/C22H24N2O4/c1-15-12-16(2)14-17(13-15)27-10-5-9-24-20(25)22(23-21(24)26)8-11-28-19-7-4-3-6-18(19)22/h3-4,6-7,12-14H,5,8-11H2,1-2H3,(H,23,26). The Labute approximate surface area is 164 Å². The highest BCUT2D eigenvalue weighted by atomic mass is 16.5. The first-order valence-corrected chi connectivity index (χ1v) is 9.57. The number of benzene rings is 2. The van der Waals surface area contributed by atoms with E-state index in [0.29, 0.717) is 38.3 Å². The van der Waals surface area contributed by atoms with Crippen molar-refractivity contribution in [2.75, 3.05) is 19.8 Å². The Morgan fingerprint density at radius 1 is 1.14 bits per heavy atom. The zero-order chi connectivity index (χ0) is 19.7. The number of ether oxygens (including phenoxy) is 2. The summed E-state index contributed by atoms with van der Waals surface area (Å²) in [6.07, 6.45) is 1.00. The van der Waals surface area contributed by atoms with Crippen molar-refractivity contribution in [2.45, 2.75) is 32.2 Å². The second-order valence-corrected chi connectivity index (χ2v) is 7.41. The molecule has 1 fully saturated rings. The minimum Gasteiger partial charge on any atom is -0.494 e. The number of carbonyl (C=O) groups excluding carboxylic acids is 2. The molecule has 6 heteroatoms. The number of nitrogens with zero attached hydrogens (tertiary/aromatic N) is 1. The van der Waals surface area contributed by atoms with E-state index < -0.39 is 5.54 Å². The highest BCUT2D eigenvalue weighted by molar-refractivity contribution is 6.07. The quantitative estimate of drug-likeness (QED) is 0.638. The third-order valence-corrected chi connectivity index (χ3v) is 5.25. The Hall–Kier alpha value is -3.02. The molecule has 0 aliphatic carbocycles. The minimum absolute atomic E-state index is 0.209. The zero-order valence-corrected chi connectivity index (χ0v) is 16.2. The molecule has 4 rings (SSSR count). The Morgan fingerprint density at radius 2 is 1.89 bits per heavy atom. The summed E-state index contributed by atoms with van der Waals surface area (Å²) in [5, 5.41) is 2.92. The number of urea groups is 1. The molecule has 0 bridgehead atoms. The molecule has 1 N–H and O–H groups in total. The van der Waals surface area contributed by atoms with Gasteiger partial charge in [0.15, 0.2) is 5.54 Å². The van der Waals surface area contributed by atoms with Crippen molar-refractivity contribution in [2.24, 2.45) is 0 Å². The van der Waals surface area contributed by atoms with E-state index in [4.69, 9.17) is 9.47 Å². The molecule has 1 spiro atoms. The fourth-order valence-electron chi connectivity index (χ4n) is 4.00. The fraction of sp³-hybridized carbons (Fsp3) is 0.364. The maximum absolute atomic E-state index is 13.2. The second kappa shape index (κ2) is 7.19. The molecule has 1 saturated heterocycles. The normalized spacial score (nSPS) is 20.7. The van der Waals surface area contributed by atoms with E-state index in [-0.39, 0.29) is 11.9 Å². The molecule has 0 saturated carbocycles. The number of amides is 3. The molecular weight excluding hydrogens is 356 g/mol. The van der Waals surface area contributed by atoms with Crippen LogP contribution in [0.3, 0.4) is 0 Å². The van der Waals surface area contributed by atoms with Gasteiger partial charge in [-0.25, -0.2) is 4.79 Å². The monoisotopic (exact) mass is 380 g/mol. The van der Waals surface area contributed by atoms with Crippen LogP contribution < -0.4 is 14.8 Å². The number of nitrogens with one attached hydrogen (secondary N) is 1. The third-order valence-electron chi connectivity index (χ3n) is 5.25. The SMILES string of the molecule is Cc1cc(C)cc(OCCCN2C(=O)NC3(CCOc4ccccc43)C2=O)c1. The van der Waals surface area contributed by atoms with Gasteiger partial charge in [-0.2, -0.15) is 0 Å². The highest BCUT2D eigenvalue weighted by Gasteiger charge is 2.54. The summed E-state index contributed by atoms with van der Waals surface area (Å²) in [6.45, 7) is 5.20. The van der Waals surface area contributed by atoms with Gasteiger partial charge in [0.2, 0.25) is 0 Å². The molecule has 2 aliphatic heterocycles. The Balaban J connectivity index is 1.41. The van der Waals surface area contributed by atoms with Gasteiger partial charge in [-0.1, -0.05) is 24.3 Å². The Morgan fingerprint density at radius 3 is 2.68 bits per heavy atom. The molecule has 6 nitrogen and oxygen atoms in total. The van der Waals surface area contributed by atoms with Gasteiger partial charge in [-0.15, -0.1) is 0 Å². The Bertz CT molecular complexity index is 906. The summed E-state index contributed by atoms with van der Waals surface area (Å²) in [4.78, 5) is 27.0. The summed E-state index contributed by atoms with van der Waals surface area (Å²) in [6, 6.07) is 13.1. The van der Waals surface area contributed by atoms with Crippen LogP contribution in [0.1, 0.15) is 29.5 Å². The van der Waals surface area contributed by atoms with Gasteiger partial charge >= 0.3 is 6.03 Å². The van der Waals surface area contributed by atoms with Gasteiger partial charge < -0.3 is 14.8 Å². The van der Waals surface area contributed by atoms with Crippen LogP contribution in [-0.2, 0) is 10.3 Å². The molecule has 0 aromatic heterocycles. The van der Waals surface area contributed by atoms with Gasteiger partial charge in [-0.05, 0) is 49.6 Å². The first kappa shape index (κ1) is 18.3. The lowest BCUT2D eigenvalue weighted by Gasteiger charge is -2.33. The van der Waals surface area contributed by atoms with Crippen molar-refractivity contribution >= 4 is 11.9 Å². The van der Waals surface area contributed by atoms with E-state index in [0.717, 1.165) is 22.4 Å². The van der Waals surface area contributed by atoms with Crippen LogP contribution in [0, 0.1) is 13.8 Å². The molecule has 3 amide bonds. The first-order chi connectivity index (χ1) is 13.5. The molecule has 0 radical (unpaired) electrons. The molecule has 2 aromatic rings. The smallest absolute Gasteiger partial charge is 0.325 e. The summed E-state index contributed by atoms with van der Waals surface area (Å²) < 4.78 is 11.5. The van der Waals surface area contributed by atoms with Gasteiger partial charge in [0, 0.05) is 18.5 Å². The summed E-state index contributed by atoms with van der Waals surface area (Å²) in [7, 11) is 0.